The number of rotatable bonds is 4. The van der Waals surface area contributed by atoms with Gasteiger partial charge < -0.3 is 5.11 Å². The molecule has 0 fully saturated rings. The zero-order valence-corrected chi connectivity index (χ0v) is 15.6. The van der Waals surface area contributed by atoms with E-state index in [1.54, 1.807) is 12.3 Å². The number of hydrogen-bond donors (Lipinski definition) is 1. The van der Waals surface area contributed by atoms with E-state index in [1.807, 2.05) is 68.4 Å². The topological polar surface area (TPSA) is 76.0 Å². The number of para-hydroxylation sites is 1. The Balaban J connectivity index is 1.82. The SMILES string of the molecule is CC(C)(c1cccc(C(=O)O)n1)c1cccc(-c2ccnc3ccccc23)n1. The van der Waals surface area contributed by atoms with Gasteiger partial charge >= 0.3 is 5.97 Å². The van der Waals surface area contributed by atoms with Gasteiger partial charge in [0.1, 0.15) is 5.69 Å². The maximum atomic E-state index is 11.3. The Kier molecular flexibility index (Phi) is 4.35. The van der Waals surface area contributed by atoms with Crippen LogP contribution in [0, 0.1) is 0 Å². The van der Waals surface area contributed by atoms with E-state index in [0.717, 1.165) is 27.9 Å². The van der Waals surface area contributed by atoms with Crippen LogP contribution in [0.25, 0.3) is 22.2 Å². The van der Waals surface area contributed by atoms with E-state index in [2.05, 4.69) is 9.97 Å². The van der Waals surface area contributed by atoms with Gasteiger partial charge in [-0.1, -0.05) is 30.3 Å². The first kappa shape index (κ1) is 17.8. The van der Waals surface area contributed by atoms with Crippen LogP contribution in [0.3, 0.4) is 0 Å². The molecular weight excluding hydrogens is 350 g/mol. The summed E-state index contributed by atoms with van der Waals surface area (Å²) in [5.41, 5.74) is 3.74. The highest BCUT2D eigenvalue weighted by Gasteiger charge is 2.27. The van der Waals surface area contributed by atoms with Crippen molar-refractivity contribution >= 4 is 16.9 Å². The van der Waals surface area contributed by atoms with Crippen molar-refractivity contribution in [3.8, 4) is 11.3 Å². The summed E-state index contributed by atoms with van der Waals surface area (Å²) in [4.78, 5) is 24.9. The number of aromatic carboxylic acids is 1. The molecule has 0 unspecified atom stereocenters. The number of pyridine rings is 3. The molecule has 0 radical (unpaired) electrons. The molecule has 3 aromatic heterocycles. The Labute approximate surface area is 162 Å². The fraction of sp³-hybridized carbons (Fsp3) is 0.130. The summed E-state index contributed by atoms with van der Waals surface area (Å²) in [7, 11) is 0. The number of carboxylic acid groups (broad SMARTS) is 1. The summed E-state index contributed by atoms with van der Waals surface area (Å²) in [5, 5.41) is 10.3. The van der Waals surface area contributed by atoms with Gasteiger partial charge in [-0.05, 0) is 50.2 Å². The molecule has 0 aliphatic rings. The number of nitrogens with zero attached hydrogens (tertiary/aromatic N) is 3. The summed E-state index contributed by atoms with van der Waals surface area (Å²) >= 11 is 0. The molecule has 0 amide bonds. The Morgan fingerprint density at radius 3 is 2.36 bits per heavy atom. The molecule has 0 saturated heterocycles. The molecule has 0 aliphatic carbocycles. The molecule has 5 heteroatoms. The lowest BCUT2D eigenvalue weighted by atomic mass is 9.84. The summed E-state index contributed by atoms with van der Waals surface area (Å²) < 4.78 is 0. The fourth-order valence-electron chi connectivity index (χ4n) is 3.29. The molecule has 3 heterocycles. The molecule has 1 N–H and O–H groups in total. The van der Waals surface area contributed by atoms with E-state index >= 15 is 0 Å². The van der Waals surface area contributed by atoms with Gasteiger partial charge in [-0.3, -0.25) is 9.97 Å². The van der Waals surface area contributed by atoms with Crippen LogP contribution in [0.1, 0.15) is 35.7 Å². The molecule has 1 aromatic carbocycles. The highest BCUT2D eigenvalue weighted by molar-refractivity contribution is 5.93. The molecule has 0 aliphatic heterocycles. The minimum absolute atomic E-state index is 0.0295. The van der Waals surface area contributed by atoms with Crippen molar-refractivity contribution in [3.63, 3.8) is 0 Å². The van der Waals surface area contributed by atoms with E-state index < -0.39 is 11.4 Å². The molecule has 28 heavy (non-hydrogen) atoms. The predicted molar refractivity (Wildman–Crippen MR) is 108 cm³/mol. The molecule has 138 valence electrons. The molecule has 5 nitrogen and oxygen atoms in total. The van der Waals surface area contributed by atoms with Gasteiger partial charge in [0, 0.05) is 22.6 Å². The summed E-state index contributed by atoms with van der Waals surface area (Å²) in [6, 6.07) is 20.9. The van der Waals surface area contributed by atoms with Crippen molar-refractivity contribution in [1.82, 2.24) is 15.0 Å². The summed E-state index contributed by atoms with van der Waals surface area (Å²) in [6.07, 6.45) is 1.79. The first-order chi connectivity index (χ1) is 13.5. The van der Waals surface area contributed by atoms with Crippen molar-refractivity contribution in [2.75, 3.05) is 0 Å². The van der Waals surface area contributed by atoms with Crippen LogP contribution in [0.5, 0.6) is 0 Å². The lowest BCUT2D eigenvalue weighted by molar-refractivity contribution is 0.0690. The molecule has 0 atom stereocenters. The molecule has 0 bridgehead atoms. The van der Waals surface area contributed by atoms with Crippen molar-refractivity contribution in [2.24, 2.45) is 0 Å². The van der Waals surface area contributed by atoms with Crippen LogP contribution >= 0.6 is 0 Å². The third-order valence-corrected chi connectivity index (χ3v) is 4.92. The zero-order chi connectivity index (χ0) is 19.7. The van der Waals surface area contributed by atoms with Crippen LogP contribution in [0.2, 0.25) is 0 Å². The standard InChI is InChI=1S/C23H19N3O2/c1-23(2,21-12-6-10-19(26-21)22(27)28)20-11-5-9-18(25-20)16-13-14-24-17-8-4-3-7-15(16)17/h3-14H,1-2H3,(H,27,28). The average Bonchev–Trinajstić information content (AvgIpc) is 2.73. The number of carbonyl (C=O) groups is 1. The second kappa shape index (κ2) is 6.85. The molecular formula is C23H19N3O2. The van der Waals surface area contributed by atoms with Gasteiger partial charge in [0.25, 0.3) is 0 Å². The van der Waals surface area contributed by atoms with Gasteiger partial charge in [0.05, 0.1) is 22.6 Å². The van der Waals surface area contributed by atoms with Crippen molar-refractivity contribution in [1.29, 1.82) is 0 Å². The van der Waals surface area contributed by atoms with E-state index in [-0.39, 0.29) is 5.69 Å². The number of benzene rings is 1. The van der Waals surface area contributed by atoms with Crippen LogP contribution in [0.15, 0.2) is 72.9 Å². The second-order valence-corrected chi connectivity index (χ2v) is 7.12. The third-order valence-electron chi connectivity index (χ3n) is 4.92. The van der Waals surface area contributed by atoms with Gasteiger partial charge in [0.2, 0.25) is 0 Å². The zero-order valence-electron chi connectivity index (χ0n) is 15.6. The number of hydrogen-bond acceptors (Lipinski definition) is 4. The van der Waals surface area contributed by atoms with Gasteiger partial charge in [0.15, 0.2) is 0 Å². The number of fused-ring (bicyclic) bond motifs is 1. The van der Waals surface area contributed by atoms with Crippen LogP contribution < -0.4 is 0 Å². The molecule has 0 spiro atoms. The summed E-state index contributed by atoms with van der Waals surface area (Å²) in [6.45, 7) is 4.00. The Morgan fingerprint density at radius 1 is 0.857 bits per heavy atom. The molecule has 4 aromatic rings. The first-order valence-corrected chi connectivity index (χ1v) is 8.99. The highest BCUT2D eigenvalue weighted by atomic mass is 16.4. The fourth-order valence-corrected chi connectivity index (χ4v) is 3.29. The second-order valence-electron chi connectivity index (χ2n) is 7.12. The van der Waals surface area contributed by atoms with Crippen molar-refractivity contribution < 1.29 is 9.90 Å². The van der Waals surface area contributed by atoms with Crippen LogP contribution in [0.4, 0.5) is 0 Å². The minimum Gasteiger partial charge on any atom is -0.477 e. The average molecular weight is 369 g/mol. The van der Waals surface area contributed by atoms with Crippen LogP contribution in [-0.4, -0.2) is 26.0 Å². The van der Waals surface area contributed by atoms with E-state index in [0.29, 0.717) is 5.69 Å². The maximum Gasteiger partial charge on any atom is 0.354 e. The normalized spacial score (nSPS) is 11.5. The monoisotopic (exact) mass is 369 g/mol. The predicted octanol–water partition coefficient (Wildman–Crippen LogP) is 4.72. The van der Waals surface area contributed by atoms with Crippen molar-refractivity contribution in [2.45, 2.75) is 19.3 Å². The lowest BCUT2D eigenvalue weighted by Gasteiger charge is -2.24. The summed E-state index contributed by atoms with van der Waals surface area (Å²) in [5.74, 6) is -1.04. The number of carboxylic acids is 1. The van der Waals surface area contributed by atoms with Gasteiger partial charge in [-0.2, -0.15) is 0 Å². The van der Waals surface area contributed by atoms with Crippen molar-refractivity contribution in [3.05, 3.63) is 90.0 Å². The van der Waals surface area contributed by atoms with Gasteiger partial charge in [-0.25, -0.2) is 9.78 Å². The Morgan fingerprint density at radius 2 is 1.57 bits per heavy atom. The Hall–Kier alpha value is -3.60. The Bertz CT molecular complexity index is 1180. The number of aromatic nitrogens is 3. The minimum atomic E-state index is -1.04. The molecule has 0 saturated carbocycles. The molecule has 4 rings (SSSR count). The lowest BCUT2D eigenvalue weighted by Crippen LogP contribution is -2.23. The largest absolute Gasteiger partial charge is 0.477 e. The van der Waals surface area contributed by atoms with Gasteiger partial charge in [-0.15, -0.1) is 0 Å². The van der Waals surface area contributed by atoms with E-state index in [1.165, 1.54) is 6.07 Å². The highest BCUT2D eigenvalue weighted by Crippen LogP contribution is 2.32. The van der Waals surface area contributed by atoms with E-state index in [4.69, 9.17) is 4.98 Å². The first-order valence-electron chi connectivity index (χ1n) is 8.99. The maximum absolute atomic E-state index is 11.3. The third kappa shape index (κ3) is 3.11. The quantitative estimate of drug-likeness (QED) is 0.563. The van der Waals surface area contributed by atoms with E-state index in [9.17, 15) is 9.90 Å². The smallest absolute Gasteiger partial charge is 0.354 e. The van der Waals surface area contributed by atoms with Crippen LogP contribution in [-0.2, 0) is 5.41 Å².